The van der Waals surface area contributed by atoms with Gasteiger partial charge in [0.1, 0.15) is 0 Å². The monoisotopic (exact) mass is 545 g/mol. The van der Waals surface area contributed by atoms with Gasteiger partial charge in [-0.1, -0.05) is 53.2 Å². The number of likely N-dealkylation sites (N-methyl/N-ethyl adjacent to an activating group) is 1. The lowest BCUT2D eigenvalue weighted by molar-refractivity contribution is 0.0980. The maximum absolute atomic E-state index is 13.5. The zero-order valence-corrected chi connectivity index (χ0v) is 21.6. The minimum Gasteiger partial charge on any atom is -0.302 e. The SMILES string of the molecule is CCN(CC)CCN(C(=O)c1ccccc1S(C)(=O)=O)c1nc2ccc(Br)cc2s1.Cl. The highest BCUT2D eigenvalue weighted by Gasteiger charge is 2.26. The van der Waals surface area contributed by atoms with Gasteiger partial charge in [0, 0.05) is 23.8 Å². The average Bonchev–Trinajstić information content (AvgIpc) is 3.13. The van der Waals surface area contributed by atoms with E-state index in [2.05, 4.69) is 39.7 Å². The predicted molar refractivity (Wildman–Crippen MR) is 134 cm³/mol. The van der Waals surface area contributed by atoms with Crippen molar-refractivity contribution in [2.45, 2.75) is 18.7 Å². The largest absolute Gasteiger partial charge is 0.302 e. The Morgan fingerprint density at radius 1 is 1.10 bits per heavy atom. The van der Waals surface area contributed by atoms with E-state index in [4.69, 9.17) is 0 Å². The molecule has 0 aliphatic heterocycles. The molecule has 0 bridgehead atoms. The molecule has 0 N–H and O–H groups in total. The Labute approximate surface area is 201 Å². The standard InChI is InChI=1S/C21H24BrN3O3S2.ClH/c1-4-24(5-2)12-13-25(21-23-17-11-10-15(22)14-18(17)29-21)20(26)16-8-6-7-9-19(16)30(3,27)28;/h6-11,14H,4-5,12-13H2,1-3H3;1H. The fourth-order valence-corrected chi connectivity index (χ4v) is 5.60. The quantitative estimate of drug-likeness (QED) is 0.403. The summed E-state index contributed by atoms with van der Waals surface area (Å²) in [6, 6.07) is 12.1. The number of benzene rings is 2. The molecule has 0 saturated heterocycles. The summed E-state index contributed by atoms with van der Waals surface area (Å²) in [6.07, 6.45) is 1.12. The number of amides is 1. The van der Waals surface area contributed by atoms with E-state index >= 15 is 0 Å². The number of carbonyl (C=O) groups excluding carboxylic acids is 1. The number of carbonyl (C=O) groups is 1. The minimum absolute atomic E-state index is 0. The summed E-state index contributed by atoms with van der Waals surface area (Å²) in [5.74, 6) is -0.360. The summed E-state index contributed by atoms with van der Waals surface area (Å²) in [7, 11) is -3.55. The van der Waals surface area contributed by atoms with Crippen molar-refractivity contribution in [1.82, 2.24) is 9.88 Å². The Bertz CT molecular complexity index is 1160. The van der Waals surface area contributed by atoms with Crippen molar-refractivity contribution in [2.24, 2.45) is 0 Å². The Kier molecular flexibility index (Phi) is 9.03. The maximum Gasteiger partial charge on any atom is 0.261 e. The average molecular weight is 547 g/mol. The Balaban J connectivity index is 0.00000341. The molecule has 0 unspecified atom stereocenters. The van der Waals surface area contributed by atoms with Crippen molar-refractivity contribution in [2.75, 3.05) is 37.3 Å². The fourth-order valence-electron chi connectivity index (χ4n) is 3.18. The molecule has 3 aromatic rings. The summed E-state index contributed by atoms with van der Waals surface area (Å²) in [6.45, 7) is 6.96. The van der Waals surface area contributed by atoms with Crippen molar-refractivity contribution in [1.29, 1.82) is 0 Å². The second kappa shape index (κ2) is 10.9. The van der Waals surface area contributed by atoms with Crippen LogP contribution in [0.15, 0.2) is 51.8 Å². The van der Waals surface area contributed by atoms with Gasteiger partial charge in [0.25, 0.3) is 5.91 Å². The van der Waals surface area contributed by atoms with Gasteiger partial charge in [0.2, 0.25) is 0 Å². The van der Waals surface area contributed by atoms with Crippen LogP contribution in [0.1, 0.15) is 24.2 Å². The summed E-state index contributed by atoms with van der Waals surface area (Å²) >= 11 is 4.89. The highest BCUT2D eigenvalue weighted by molar-refractivity contribution is 9.10. The van der Waals surface area contributed by atoms with Crippen LogP contribution in [0.5, 0.6) is 0 Å². The van der Waals surface area contributed by atoms with E-state index in [9.17, 15) is 13.2 Å². The van der Waals surface area contributed by atoms with Crippen molar-refractivity contribution in [3.63, 3.8) is 0 Å². The molecule has 0 saturated carbocycles. The summed E-state index contributed by atoms with van der Waals surface area (Å²) in [4.78, 5) is 22.1. The lowest BCUT2D eigenvalue weighted by atomic mass is 10.2. The van der Waals surface area contributed by atoms with Crippen LogP contribution >= 0.6 is 39.7 Å². The molecule has 1 amide bonds. The molecule has 0 atom stereocenters. The molecule has 1 heterocycles. The molecule has 31 heavy (non-hydrogen) atoms. The number of halogens is 2. The van der Waals surface area contributed by atoms with Gasteiger partial charge >= 0.3 is 0 Å². The van der Waals surface area contributed by atoms with Crippen LogP contribution < -0.4 is 4.90 Å². The van der Waals surface area contributed by atoms with Gasteiger partial charge < -0.3 is 4.90 Å². The molecule has 0 aliphatic rings. The number of nitrogens with zero attached hydrogens (tertiary/aromatic N) is 3. The van der Waals surface area contributed by atoms with Crippen LogP contribution in [0.3, 0.4) is 0 Å². The second-order valence-electron chi connectivity index (χ2n) is 6.86. The van der Waals surface area contributed by atoms with E-state index in [1.807, 2.05) is 18.2 Å². The van der Waals surface area contributed by atoms with E-state index in [1.165, 1.54) is 17.4 Å². The maximum atomic E-state index is 13.5. The number of fused-ring (bicyclic) bond motifs is 1. The molecule has 0 spiro atoms. The first kappa shape index (κ1) is 25.7. The number of sulfone groups is 1. The van der Waals surface area contributed by atoms with Crippen LogP contribution in [0.2, 0.25) is 0 Å². The smallest absolute Gasteiger partial charge is 0.261 e. The first-order valence-corrected chi connectivity index (χ1v) is 13.1. The van der Waals surface area contributed by atoms with Crippen LogP contribution in [0, 0.1) is 0 Å². The normalized spacial score (nSPS) is 11.5. The third-order valence-electron chi connectivity index (χ3n) is 4.87. The molecule has 10 heteroatoms. The van der Waals surface area contributed by atoms with Gasteiger partial charge in [-0.05, 0) is 43.4 Å². The van der Waals surface area contributed by atoms with Gasteiger partial charge in [-0.3, -0.25) is 9.69 Å². The van der Waals surface area contributed by atoms with Crippen molar-refractivity contribution in [3.8, 4) is 0 Å². The number of hydrogen-bond donors (Lipinski definition) is 0. The van der Waals surface area contributed by atoms with Crippen LogP contribution in [-0.4, -0.2) is 56.6 Å². The molecule has 0 aliphatic carbocycles. The summed E-state index contributed by atoms with van der Waals surface area (Å²) < 4.78 is 26.4. The molecular formula is C21H25BrClN3O3S2. The highest BCUT2D eigenvalue weighted by atomic mass is 79.9. The van der Waals surface area contributed by atoms with Crippen molar-refractivity contribution < 1.29 is 13.2 Å². The first-order valence-electron chi connectivity index (χ1n) is 9.64. The van der Waals surface area contributed by atoms with E-state index in [0.717, 1.165) is 34.0 Å². The molecule has 0 fully saturated rings. The Morgan fingerprint density at radius 2 is 1.77 bits per heavy atom. The molecule has 6 nitrogen and oxygen atoms in total. The highest BCUT2D eigenvalue weighted by Crippen LogP contribution is 2.32. The van der Waals surface area contributed by atoms with Gasteiger partial charge in [-0.2, -0.15) is 0 Å². The zero-order chi connectivity index (χ0) is 21.9. The van der Waals surface area contributed by atoms with Crippen molar-refractivity contribution in [3.05, 3.63) is 52.5 Å². The number of hydrogen-bond acceptors (Lipinski definition) is 6. The minimum atomic E-state index is -3.55. The molecule has 0 radical (unpaired) electrons. The fraction of sp³-hybridized carbons (Fsp3) is 0.333. The van der Waals surface area contributed by atoms with Crippen molar-refractivity contribution >= 4 is 70.8 Å². The number of anilines is 1. The van der Waals surface area contributed by atoms with Gasteiger partial charge in [0.05, 0.1) is 20.7 Å². The number of aromatic nitrogens is 1. The Hall–Kier alpha value is -1.52. The third-order valence-corrected chi connectivity index (χ3v) is 7.56. The van der Waals surface area contributed by atoms with Gasteiger partial charge in [0.15, 0.2) is 15.0 Å². The van der Waals surface area contributed by atoms with E-state index < -0.39 is 9.84 Å². The molecule has 1 aromatic heterocycles. The molecule has 168 valence electrons. The van der Waals surface area contributed by atoms with E-state index in [-0.39, 0.29) is 28.8 Å². The topological polar surface area (TPSA) is 70.6 Å². The lowest BCUT2D eigenvalue weighted by Gasteiger charge is -2.25. The molecule has 3 rings (SSSR count). The zero-order valence-electron chi connectivity index (χ0n) is 17.5. The summed E-state index contributed by atoms with van der Waals surface area (Å²) in [5.41, 5.74) is 0.968. The van der Waals surface area contributed by atoms with Crippen LogP contribution in [-0.2, 0) is 9.84 Å². The van der Waals surface area contributed by atoms with E-state index in [1.54, 1.807) is 23.1 Å². The second-order valence-corrected chi connectivity index (χ2v) is 10.8. The van der Waals surface area contributed by atoms with Gasteiger partial charge in [-0.25, -0.2) is 13.4 Å². The number of rotatable bonds is 8. The Morgan fingerprint density at radius 3 is 2.42 bits per heavy atom. The number of thiazole rings is 1. The first-order chi connectivity index (χ1) is 14.2. The van der Waals surface area contributed by atoms with Crippen LogP contribution in [0.4, 0.5) is 5.13 Å². The van der Waals surface area contributed by atoms with Gasteiger partial charge in [-0.15, -0.1) is 12.4 Å². The van der Waals surface area contributed by atoms with E-state index in [0.29, 0.717) is 18.2 Å². The lowest BCUT2D eigenvalue weighted by Crippen LogP contribution is -2.39. The molecular weight excluding hydrogens is 522 g/mol. The third kappa shape index (κ3) is 6.04. The van der Waals surface area contributed by atoms with Crippen LogP contribution in [0.25, 0.3) is 10.2 Å². The summed E-state index contributed by atoms with van der Waals surface area (Å²) in [5, 5.41) is 0.559. The molecule has 2 aromatic carbocycles. The predicted octanol–water partition coefficient (Wildman–Crippen LogP) is 4.87.